The third-order valence-corrected chi connectivity index (χ3v) is 4.14. The molecule has 4 rings (SSSR count). The van der Waals surface area contributed by atoms with Crippen LogP contribution in [0.4, 0.5) is 0 Å². The lowest BCUT2D eigenvalue weighted by molar-refractivity contribution is 0.431. The summed E-state index contributed by atoms with van der Waals surface area (Å²) in [6.07, 6.45) is 3.37. The van der Waals surface area contributed by atoms with Crippen molar-refractivity contribution in [1.29, 1.82) is 0 Å². The zero-order valence-electron chi connectivity index (χ0n) is 11.0. The molecule has 1 N–H and O–H groups in total. The van der Waals surface area contributed by atoms with E-state index in [9.17, 15) is 0 Å². The fourth-order valence-electron chi connectivity index (χ4n) is 2.22. The SMILES string of the molecule is Clc1c(-c2nc(-c3cccnc3)no2)[nH]c2ccc(Br)cc12. The van der Waals surface area contributed by atoms with Crippen molar-refractivity contribution < 1.29 is 4.52 Å². The van der Waals surface area contributed by atoms with Gasteiger partial charge in [-0.25, -0.2) is 0 Å². The number of rotatable bonds is 2. The van der Waals surface area contributed by atoms with Gasteiger partial charge < -0.3 is 9.51 Å². The van der Waals surface area contributed by atoms with Crippen LogP contribution in [-0.4, -0.2) is 20.1 Å². The quantitative estimate of drug-likeness (QED) is 0.551. The second-order valence-electron chi connectivity index (χ2n) is 4.67. The normalized spacial score (nSPS) is 11.2. The molecule has 0 spiro atoms. The molecule has 22 heavy (non-hydrogen) atoms. The Hall–Kier alpha value is -2.18. The summed E-state index contributed by atoms with van der Waals surface area (Å²) in [6.45, 7) is 0. The lowest BCUT2D eigenvalue weighted by Gasteiger charge is -1.91. The van der Waals surface area contributed by atoms with Crippen molar-refractivity contribution in [3.63, 3.8) is 0 Å². The predicted octanol–water partition coefficient (Wildman–Crippen LogP) is 4.70. The van der Waals surface area contributed by atoms with Crippen LogP contribution in [-0.2, 0) is 0 Å². The molecular weight excluding hydrogens is 368 g/mol. The van der Waals surface area contributed by atoms with Crippen LogP contribution in [0.15, 0.2) is 51.7 Å². The Bertz CT molecular complexity index is 964. The summed E-state index contributed by atoms with van der Waals surface area (Å²) in [5.74, 6) is 0.815. The Morgan fingerprint density at radius 1 is 1.23 bits per heavy atom. The van der Waals surface area contributed by atoms with Crippen molar-refractivity contribution in [1.82, 2.24) is 20.1 Å². The molecule has 0 aliphatic heterocycles. The number of aromatic nitrogens is 4. The van der Waals surface area contributed by atoms with E-state index >= 15 is 0 Å². The lowest BCUT2D eigenvalue weighted by atomic mass is 10.2. The first-order valence-corrected chi connectivity index (χ1v) is 7.60. The van der Waals surface area contributed by atoms with Gasteiger partial charge in [-0.1, -0.05) is 32.7 Å². The first kappa shape index (κ1) is 13.5. The highest BCUT2D eigenvalue weighted by molar-refractivity contribution is 9.10. The number of pyridine rings is 1. The van der Waals surface area contributed by atoms with Crippen LogP contribution in [0.2, 0.25) is 5.02 Å². The first-order chi connectivity index (χ1) is 10.7. The zero-order chi connectivity index (χ0) is 15.1. The van der Waals surface area contributed by atoms with Gasteiger partial charge in [-0.05, 0) is 30.3 Å². The molecule has 1 aromatic carbocycles. The van der Waals surface area contributed by atoms with Gasteiger partial charge >= 0.3 is 0 Å². The maximum Gasteiger partial charge on any atom is 0.276 e. The molecule has 3 heterocycles. The Morgan fingerprint density at radius 3 is 2.95 bits per heavy atom. The van der Waals surface area contributed by atoms with Crippen LogP contribution in [0.25, 0.3) is 33.9 Å². The topological polar surface area (TPSA) is 67.6 Å². The Labute approximate surface area is 138 Å². The molecule has 0 unspecified atom stereocenters. The van der Waals surface area contributed by atoms with Crippen LogP contribution in [0.1, 0.15) is 0 Å². The van der Waals surface area contributed by atoms with Crippen molar-refractivity contribution in [3.05, 3.63) is 52.2 Å². The predicted molar refractivity (Wildman–Crippen MR) is 87.5 cm³/mol. The van der Waals surface area contributed by atoms with Gasteiger partial charge in [0.1, 0.15) is 5.69 Å². The van der Waals surface area contributed by atoms with Crippen LogP contribution < -0.4 is 0 Å². The fourth-order valence-corrected chi connectivity index (χ4v) is 2.86. The summed E-state index contributed by atoms with van der Waals surface area (Å²) < 4.78 is 6.28. The first-order valence-electron chi connectivity index (χ1n) is 6.43. The van der Waals surface area contributed by atoms with E-state index in [0.29, 0.717) is 22.4 Å². The number of nitrogens with one attached hydrogen (secondary N) is 1. The summed E-state index contributed by atoms with van der Waals surface area (Å²) in [6, 6.07) is 9.50. The van der Waals surface area contributed by atoms with E-state index in [-0.39, 0.29) is 0 Å². The van der Waals surface area contributed by atoms with E-state index in [1.165, 1.54) is 0 Å². The van der Waals surface area contributed by atoms with Crippen molar-refractivity contribution in [3.8, 4) is 23.0 Å². The highest BCUT2D eigenvalue weighted by atomic mass is 79.9. The number of aromatic amines is 1. The number of fused-ring (bicyclic) bond motifs is 1. The smallest absolute Gasteiger partial charge is 0.276 e. The van der Waals surface area contributed by atoms with Gasteiger partial charge in [0.2, 0.25) is 5.82 Å². The molecule has 0 atom stereocenters. The minimum absolute atomic E-state index is 0.344. The molecule has 3 aromatic heterocycles. The molecule has 0 amide bonds. The molecule has 108 valence electrons. The zero-order valence-corrected chi connectivity index (χ0v) is 13.4. The number of hydrogen-bond acceptors (Lipinski definition) is 4. The van der Waals surface area contributed by atoms with Crippen molar-refractivity contribution in [2.24, 2.45) is 0 Å². The molecule has 0 aliphatic carbocycles. The summed E-state index contributed by atoms with van der Waals surface area (Å²) in [5, 5.41) is 5.43. The van der Waals surface area contributed by atoms with E-state index < -0.39 is 0 Å². The summed E-state index contributed by atoms with van der Waals surface area (Å²) in [4.78, 5) is 11.6. The lowest BCUT2D eigenvalue weighted by Crippen LogP contribution is -1.82. The average Bonchev–Trinajstić information content (AvgIpc) is 3.14. The molecule has 5 nitrogen and oxygen atoms in total. The van der Waals surface area contributed by atoms with Gasteiger partial charge in [-0.15, -0.1) is 0 Å². The van der Waals surface area contributed by atoms with Crippen molar-refractivity contribution in [2.45, 2.75) is 0 Å². The molecule has 0 fully saturated rings. The third kappa shape index (κ3) is 2.20. The number of hydrogen-bond donors (Lipinski definition) is 1. The minimum atomic E-state index is 0.344. The average molecular weight is 376 g/mol. The van der Waals surface area contributed by atoms with Crippen LogP contribution in [0.3, 0.4) is 0 Å². The Morgan fingerprint density at radius 2 is 2.14 bits per heavy atom. The monoisotopic (exact) mass is 374 g/mol. The maximum atomic E-state index is 6.43. The van der Waals surface area contributed by atoms with Crippen molar-refractivity contribution in [2.75, 3.05) is 0 Å². The van der Waals surface area contributed by atoms with Gasteiger partial charge in [0, 0.05) is 33.3 Å². The van der Waals surface area contributed by atoms with Crippen LogP contribution in [0, 0.1) is 0 Å². The van der Waals surface area contributed by atoms with Gasteiger partial charge in [0.05, 0.1) is 5.02 Å². The second kappa shape index (κ2) is 5.23. The van der Waals surface area contributed by atoms with Gasteiger partial charge in [0.25, 0.3) is 5.89 Å². The van der Waals surface area contributed by atoms with Gasteiger partial charge in [0.15, 0.2) is 0 Å². The molecule has 0 saturated carbocycles. The number of H-pyrrole nitrogens is 1. The van der Waals surface area contributed by atoms with E-state index in [1.807, 2.05) is 30.3 Å². The number of benzene rings is 1. The Balaban J connectivity index is 1.83. The molecular formula is C15H8BrClN4O. The fraction of sp³-hybridized carbons (Fsp3) is 0. The van der Waals surface area contributed by atoms with Gasteiger partial charge in [-0.3, -0.25) is 4.98 Å². The molecule has 0 radical (unpaired) electrons. The number of halogens is 2. The molecule has 0 bridgehead atoms. The second-order valence-corrected chi connectivity index (χ2v) is 5.96. The molecule has 0 aliphatic rings. The maximum absolute atomic E-state index is 6.43. The Kier molecular flexibility index (Phi) is 3.20. The van der Waals surface area contributed by atoms with Gasteiger partial charge in [-0.2, -0.15) is 4.98 Å². The van der Waals surface area contributed by atoms with Crippen LogP contribution in [0.5, 0.6) is 0 Å². The van der Waals surface area contributed by atoms with E-state index in [0.717, 1.165) is 20.9 Å². The van der Waals surface area contributed by atoms with Crippen molar-refractivity contribution >= 4 is 38.4 Å². The highest BCUT2D eigenvalue weighted by Crippen LogP contribution is 2.35. The molecule has 0 saturated heterocycles. The van der Waals surface area contributed by atoms with E-state index in [1.54, 1.807) is 12.4 Å². The van der Waals surface area contributed by atoms with E-state index in [4.69, 9.17) is 16.1 Å². The highest BCUT2D eigenvalue weighted by Gasteiger charge is 2.18. The summed E-state index contributed by atoms with van der Waals surface area (Å²) >= 11 is 9.86. The summed E-state index contributed by atoms with van der Waals surface area (Å²) in [7, 11) is 0. The molecule has 4 aromatic rings. The minimum Gasteiger partial charge on any atom is -0.349 e. The largest absolute Gasteiger partial charge is 0.349 e. The summed E-state index contributed by atoms with van der Waals surface area (Å²) in [5.41, 5.74) is 2.30. The van der Waals surface area contributed by atoms with Crippen LogP contribution >= 0.6 is 27.5 Å². The third-order valence-electron chi connectivity index (χ3n) is 3.26. The molecule has 7 heteroatoms. The van der Waals surface area contributed by atoms with E-state index in [2.05, 4.69) is 36.0 Å². The number of nitrogens with zero attached hydrogens (tertiary/aromatic N) is 3. The standard InChI is InChI=1S/C15H8BrClN4O/c16-9-3-4-11-10(6-9)12(17)13(19-11)15-20-14(21-22-15)8-2-1-5-18-7-8/h1-7,19H.